The molecule has 3 heterocycles. The average molecular weight is 346 g/mol. The van der Waals surface area contributed by atoms with Gasteiger partial charge in [-0.25, -0.2) is 4.98 Å². The molecule has 1 N–H and O–H groups in total. The number of piperidine rings is 1. The van der Waals surface area contributed by atoms with E-state index < -0.39 is 0 Å². The molecule has 2 aromatic heterocycles. The molecule has 1 amide bonds. The minimum Gasteiger partial charge on any atom is -0.355 e. The number of amides is 1. The second kappa shape index (κ2) is 7.77. The molecule has 0 aromatic carbocycles. The van der Waals surface area contributed by atoms with Gasteiger partial charge in [0.05, 0.1) is 12.5 Å². The zero-order valence-corrected chi connectivity index (χ0v) is 14.9. The maximum Gasteiger partial charge on any atom is 0.264 e. The number of likely N-dealkylation sites (tertiary alicyclic amines) is 1. The number of aryl methyl sites for hydroxylation is 2. The average Bonchev–Trinajstić information content (AvgIpc) is 2.98. The number of carbonyl (C=O) groups excluding carboxylic acids is 1. The lowest BCUT2D eigenvalue weighted by molar-refractivity contribution is -0.121. The first-order valence-electron chi connectivity index (χ1n) is 8.91. The van der Waals surface area contributed by atoms with Gasteiger partial charge in [0.1, 0.15) is 5.39 Å². The number of fused-ring (bicyclic) bond motifs is 1. The lowest BCUT2D eigenvalue weighted by Crippen LogP contribution is -2.39. The van der Waals surface area contributed by atoms with Crippen LogP contribution in [0.25, 0.3) is 11.0 Å². The Hall–Kier alpha value is -2.22. The van der Waals surface area contributed by atoms with Crippen molar-refractivity contribution in [3.05, 3.63) is 22.9 Å². The van der Waals surface area contributed by atoms with Crippen LogP contribution in [0.3, 0.4) is 0 Å². The molecule has 1 aliphatic rings. The zero-order chi connectivity index (χ0) is 17.8. The van der Waals surface area contributed by atoms with Gasteiger partial charge in [0.15, 0.2) is 5.65 Å². The third-order valence-electron chi connectivity index (χ3n) is 4.92. The summed E-state index contributed by atoms with van der Waals surface area (Å²) in [5, 5.41) is 7.46. The molecule has 25 heavy (non-hydrogen) atoms. The third kappa shape index (κ3) is 4.25. The van der Waals surface area contributed by atoms with Gasteiger partial charge in [-0.3, -0.25) is 18.8 Å². The van der Waals surface area contributed by atoms with Crippen LogP contribution in [0.15, 0.2) is 17.3 Å². The predicted octanol–water partition coefficient (Wildman–Crippen LogP) is 0.368. The molecule has 136 valence electrons. The monoisotopic (exact) mass is 346 g/mol. The minimum atomic E-state index is -0.159. The molecule has 1 aliphatic heterocycles. The SMILES string of the molecule is CC1CCN(CCNC(=O)CCn2cnc3c(cnn3C)c2=O)CC1. The fraction of sp³-hybridized carbons (Fsp3) is 0.647. The Morgan fingerprint density at radius 1 is 1.32 bits per heavy atom. The summed E-state index contributed by atoms with van der Waals surface area (Å²) in [6, 6.07) is 0. The van der Waals surface area contributed by atoms with E-state index in [9.17, 15) is 9.59 Å². The minimum absolute atomic E-state index is 0.0384. The highest BCUT2D eigenvalue weighted by Gasteiger charge is 2.15. The van der Waals surface area contributed by atoms with Gasteiger partial charge < -0.3 is 10.2 Å². The van der Waals surface area contributed by atoms with E-state index in [2.05, 4.69) is 27.2 Å². The lowest BCUT2D eigenvalue weighted by Gasteiger charge is -2.30. The third-order valence-corrected chi connectivity index (χ3v) is 4.92. The number of nitrogens with one attached hydrogen (secondary N) is 1. The lowest BCUT2D eigenvalue weighted by atomic mass is 9.99. The van der Waals surface area contributed by atoms with Gasteiger partial charge in [0, 0.05) is 33.1 Å². The molecule has 0 saturated carbocycles. The Labute approximate surface area is 146 Å². The van der Waals surface area contributed by atoms with E-state index in [1.165, 1.54) is 29.9 Å². The Balaban J connectivity index is 1.45. The van der Waals surface area contributed by atoms with Gasteiger partial charge in [0.25, 0.3) is 5.56 Å². The fourth-order valence-electron chi connectivity index (χ4n) is 3.18. The first-order valence-corrected chi connectivity index (χ1v) is 8.91. The number of carbonyl (C=O) groups is 1. The highest BCUT2D eigenvalue weighted by Crippen LogP contribution is 2.15. The maximum absolute atomic E-state index is 12.3. The van der Waals surface area contributed by atoms with Crippen molar-refractivity contribution < 1.29 is 4.79 Å². The van der Waals surface area contributed by atoms with Crippen LogP contribution in [0.5, 0.6) is 0 Å². The quantitative estimate of drug-likeness (QED) is 0.817. The van der Waals surface area contributed by atoms with Gasteiger partial charge >= 0.3 is 0 Å². The Bertz CT molecular complexity index is 788. The Morgan fingerprint density at radius 2 is 2.08 bits per heavy atom. The zero-order valence-electron chi connectivity index (χ0n) is 14.9. The van der Waals surface area contributed by atoms with E-state index in [1.807, 2.05) is 0 Å². The highest BCUT2D eigenvalue weighted by molar-refractivity contribution is 5.76. The van der Waals surface area contributed by atoms with Crippen molar-refractivity contribution in [2.24, 2.45) is 13.0 Å². The van der Waals surface area contributed by atoms with E-state index in [1.54, 1.807) is 11.7 Å². The number of aromatic nitrogens is 4. The fourth-order valence-corrected chi connectivity index (χ4v) is 3.18. The molecule has 3 rings (SSSR count). The molecule has 1 saturated heterocycles. The van der Waals surface area contributed by atoms with Crippen molar-refractivity contribution in [2.45, 2.75) is 32.7 Å². The summed E-state index contributed by atoms with van der Waals surface area (Å²) in [6.45, 7) is 6.39. The molecule has 1 fully saturated rings. The number of hydrogen-bond acceptors (Lipinski definition) is 5. The van der Waals surface area contributed by atoms with Crippen LogP contribution < -0.4 is 10.9 Å². The molecule has 0 atom stereocenters. The van der Waals surface area contributed by atoms with Crippen LogP contribution in [0.4, 0.5) is 0 Å². The van der Waals surface area contributed by atoms with Crippen molar-refractivity contribution in [3.8, 4) is 0 Å². The largest absolute Gasteiger partial charge is 0.355 e. The van der Waals surface area contributed by atoms with Gasteiger partial charge in [0.2, 0.25) is 5.91 Å². The molecule has 0 bridgehead atoms. The van der Waals surface area contributed by atoms with E-state index in [0.717, 1.165) is 25.6 Å². The second-order valence-electron chi connectivity index (χ2n) is 6.87. The summed E-state index contributed by atoms with van der Waals surface area (Å²) in [7, 11) is 1.75. The normalized spacial score (nSPS) is 16.4. The highest BCUT2D eigenvalue weighted by atomic mass is 16.1. The van der Waals surface area contributed by atoms with E-state index in [0.29, 0.717) is 24.1 Å². The first-order chi connectivity index (χ1) is 12.0. The molecule has 0 radical (unpaired) electrons. The van der Waals surface area contributed by atoms with Crippen molar-refractivity contribution >= 4 is 16.9 Å². The number of rotatable bonds is 6. The molecule has 0 unspecified atom stereocenters. The van der Waals surface area contributed by atoms with Gasteiger partial charge in [-0.2, -0.15) is 5.10 Å². The molecular weight excluding hydrogens is 320 g/mol. The standard InChI is InChI=1S/C17H26N6O2/c1-13-3-7-22(8-4-13)10-6-18-15(24)5-9-23-12-19-16-14(17(23)25)11-20-21(16)2/h11-13H,3-10H2,1-2H3,(H,18,24). The second-order valence-corrected chi connectivity index (χ2v) is 6.87. The van der Waals surface area contributed by atoms with Crippen LogP contribution in [0.1, 0.15) is 26.2 Å². The van der Waals surface area contributed by atoms with E-state index in [4.69, 9.17) is 0 Å². The van der Waals surface area contributed by atoms with Crippen LogP contribution >= 0.6 is 0 Å². The van der Waals surface area contributed by atoms with E-state index in [-0.39, 0.29) is 17.9 Å². The van der Waals surface area contributed by atoms with Crippen molar-refractivity contribution in [1.82, 2.24) is 29.5 Å². The van der Waals surface area contributed by atoms with E-state index >= 15 is 0 Å². The van der Waals surface area contributed by atoms with Crippen molar-refractivity contribution in [1.29, 1.82) is 0 Å². The molecule has 8 heteroatoms. The number of hydrogen-bond donors (Lipinski definition) is 1. The molecule has 2 aromatic rings. The van der Waals surface area contributed by atoms with Crippen LogP contribution in [0, 0.1) is 5.92 Å². The Kier molecular flexibility index (Phi) is 5.47. The van der Waals surface area contributed by atoms with Crippen molar-refractivity contribution in [3.63, 3.8) is 0 Å². The van der Waals surface area contributed by atoms with Crippen molar-refractivity contribution in [2.75, 3.05) is 26.2 Å². The first kappa shape index (κ1) is 17.6. The molecule has 8 nitrogen and oxygen atoms in total. The smallest absolute Gasteiger partial charge is 0.264 e. The topological polar surface area (TPSA) is 85.1 Å². The summed E-state index contributed by atoms with van der Waals surface area (Å²) in [5.74, 6) is 0.776. The summed E-state index contributed by atoms with van der Waals surface area (Å²) >= 11 is 0. The van der Waals surface area contributed by atoms with Gasteiger partial charge in [-0.1, -0.05) is 6.92 Å². The van der Waals surface area contributed by atoms with Gasteiger partial charge in [-0.15, -0.1) is 0 Å². The van der Waals surface area contributed by atoms with Crippen LogP contribution in [-0.2, 0) is 18.4 Å². The van der Waals surface area contributed by atoms with Gasteiger partial charge in [-0.05, 0) is 31.8 Å². The summed E-state index contributed by atoms with van der Waals surface area (Å²) in [6.07, 6.45) is 5.74. The Morgan fingerprint density at radius 3 is 2.84 bits per heavy atom. The predicted molar refractivity (Wildman–Crippen MR) is 95.2 cm³/mol. The maximum atomic E-state index is 12.3. The number of nitrogens with zero attached hydrogens (tertiary/aromatic N) is 5. The molecule has 0 aliphatic carbocycles. The van der Waals surface area contributed by atoms with Crippen LogP contribution in [-0.4, -0.2) is 56.3 Å². The van der Waals surface area contributed by atoms with Crippen LogP contribution in [0.2, 0.25) is 0 Å². The summed E-state index contributed by atoms with van der Waals surface area (Å²) in [5.41, 5.74) is 0.398. The molecule has 0 spiro atoms. The summed E-state index contributed by atoms with van der Waals surface area (Å²) < 4.78 is 3.03. The summed E-state index contributed by atoms with van der Waals surface area (Å²) in [4.78, 5) is 31.0. The molecular formula is C17H26N6O2.